The SMILES string of the molecule is COc1ccc(CCN(CC(C)=Cc2ccccc2)C(=O)c2ccc(Cl)cc2)cc1OC. The molecule has 1 amide bonds. The third kappa shape index (κ3) is 6.38. The van der Waals surface area contributed by atoms with Crippen molar-refractivity contribution in [1.82, 2.24) is 4.90 Å². The molecule has 4 nitrogen and oxygen atoms in total. The van der Waals surface area contributed by atoms with E-state index in [1.807, 2.05) is 48.2 Å². The summed E-state index contributed by atoms with van der Waals surface area (Å²) in [5.74, 6) is 1.34. The zero-order valence-electron chi connectivity index (χ0n) is 18.7. The smallest absolute Gasteiger partial charge is 0.254 e. The first kappa shape index (κ1) is 23.4. The van der Waals surface area contributed by atoms with Gasteiger partial charge in [0, 0.05) is 23.7 Å². The number of rotatable bonds is 9. The summed E-state index contributed by atoms with van der Waals surface area (Å²) >= 11 is 6.01. The van der Waals surface area contributed by atoms with Crippen LogP contribution in [0.5, 0.6) is 11.5 Å². The molecule has 0 N–H and O–H groups in total. The Morgan fingerprint density at radius 1 is 0.938 bits per heavy atom. The number of ether oxygens (including phenoxy) is 2. The van der Waals surface area contributed by atoms with Gasteiger partial charge in [0.05, 0.1) is 14.2 Å². The lowest BCUT2D eigenvalue weighted by Gasteiger charge is -2.24. The lowest BCUT2D eigenvalue weighted by molar-refractivity contribution is 0.0772. The molecule has 3 aromatic carbocycles. The molecule has 0 saturated heterocycles. The van der Waals surface area contributed by atoms with Crippen LogP contribution in [-0.2, 0) is 6.42 Å². The Kier molecular flexibility index (Phi) is 8.34. The minimum absolute atomic E-state index is 0.0250. The average Bonchev–Trinajstić information content (AvgIpc) is 2.82. The number of halogens is 1. The lowest BCUT2D eigenvalue weighted by Crippen LogP contribution is -2.34. The van der Waals surface area contributed by atoms with E-state index in [9.17, 15) is 4.79 Å². The number of hydrogen-bond donors (Lipinski definition) is 0. The summed E-state index contributed by atoms with van der Waals surface area (Å²) < 4.78 is 10.7. The van der Waals surface area contributed by atoms with Crippen LogP contribution in [0.3, 0.4) is 0 Å². The quantitative estimate of drug-likeness (QED) is 0.393. The van der Waals surface area contributed by atoms with E-state index in [1.54, 1.807) is 38.5 Å². The number of carbonyl (C=O) groups excluding carboxylic acids is 1. The van der Waals surface area contributed by atoms with Gasteiger partial charge in [-0.05, 0) is 60.9 Å². The van der Waals surface area contributed by atoms with Gasteiger partial charge in [0.25, 0.3) is 5.91 Å². The molecule has 0 bridgehead atoms. The average molecular weight is 450 g/mol. The van der Waals surface area contributed by atoms with Gasteiger partial charge >= 0.3 is 0 Å². The Morgan fingerprint density at radius 2 is 1.62 bits per heavy atom. The van der Waals surface area contributed by atoms with E-state index in [1.165, 1.54) is 0 Å². The second-order valence-corrected chi connectivity index (χ2v) is 8.01. The number of carbonyl (C=O) groups is 1. The fourth-order valence-corrected chi connectivity index (χ4v) is 3.63. The molecule has 0 atom stereocenters. The van der Waals surface area contributed by atoms with Gasteiger partial charge in [-0.15, -0.1) is 0 Å². The minimum atomic E-state index is -0.0250. The summed E-state index contributed by atoms with van der Waals surface area (Å²) in [7, 11) is 3.24. The van der Waals surface area contributed by atoms with Crippen molar-refractivity contribution >= 4 is 23.6 Å². The van der Waals surface area contributed by atoms with E-state index >= 15 is 0 Å². The van der Waals surface area contributed by atoms with E-state index < -0.39 is 0 Å². The summed E-state index contributed by atoms with van der Waals surface area (Å²) in [4.78, 5) is 15.2. The largest absolute Gasteiger partial charge is 0.493 e. The minimum Gasteiger partial charge on any atom is -0.493 e. The molecule has 0 fully saturated rings. The first-order valence-electron chi connectivity index (χ1n) is 10.5. The second-order valence-electron chi connectivity index (χ2n) is 7.57. The molecule has 32 heavy (non-hydrogen) atoms. The highest BCUT2D eigenvalue weighted by atomic mass is 35.5. The normalized spacial score (nSPS) is 11.2. The van der Waals surface area contributed by atoms with E-state index in [0.29, 0.717) is 41.6 Å². The molecule has 0 saturated carbocycles. The van der Waals surface area contributed by atoms with E-state index in [0.717, 1.165) is 16.7 Å². The molecule has 0 radical (unpaired) electrons. The van der Waals surface area contributed by atoms with Gasteiger partial charge in [-0.2, -0.15) is 0 Å². The van der Waals surface area contributed by atoms with Crippen LogP contribution in [0.4, 0.5) is 0 Å². The molecular weight excluding hydrogens is 422 g/mol. The highest BCUT2D eigenvalue weighted by molar-refractivity contribution is 6.30. The van der Waals surface area contributed by atoms with Gasteiger partial charge in [-0.25, -0.2) is 0 Å². The molecule has 0 aromatic heterocycles. The van der Waals surface area contributed by atoms with Crippen molar-refractivity contribution in [2.24, 2.45) is 0 Å². The van der Waals surface area contributed by atoms with Crippen LogP contribution in [0.25, 0.3) is 6.08 Å². The van der Waals surface area contributed by atoms with E-state index in [2.05, 4.69) is 18.2 Å². The first-order valence-corrected chi connectivity index (χ1v) is 10.9. The Balaban J connectivity index is 1.80. The van der Waals surface area contributed by atoms with Crippen molar-refractivity contribution in [3.63, 3.8) is 0 Å². The van der Waals surface area contributed by atoms with Crippen molar-refractivity contribution in [2.75, 3.05) is 27.3 Å². The molecular formula is C27H28ClNO3. The number of benzene rings is 3. The predicted molar refractivity (Wildman–Crippen MR) is 131 cm³/mol. The molecule has 0 aliphatic heterocycles. The second kappa shape index (κ2) is 11.4. The van der Waals surface area contributed by atoms with Crippen molar-refractivity contribution < 1.29 is 14.3 Å². The Morgan fingerprint density at radius 3 is 2.28 bits per heavy atom. The van der Waals surface area contributed by atoms with Crippen LogP contribution in [0.15, 0.2) is 78.4 Å². The van der Waals surface area contributed by atoms with Crippen LogP contribution >= 0.6 is 11.6 Å². The third-order valence-corrected chi connectivity index (χ3v) is 5.40. The number of hydrogen-bond acceptors (Lipinski definition) is 3. The summed E-state index contributed by atoms with van der Waals surface area (Å²) in [5.41, 5.74) is 3.91. The van der Waals surface area contributed by atoms with Gasteiger partial charge in [0.1, 0.15) is 0 Å². The molecule has 3 rings (SSSR count). The fourth-order valence-electron chi connectivity index (χ4n) is 3.51. The van der Waals surface area contributed by atoms with Crippen LogP contribution in [0, 0.1) is 0 Å². The number of nitrogens with zero attached hydrogens (tertiary/aromatic N) is 1. The molecule has 5 heteroatoms. The molecule has 0 heterocycles. The van der Waals surface area contributed by atoms with Crippen molar-refractivity contribution in [1.29, 1.82) is 0 Å². The first-order chi connectivity index (χ1) is 15.5. The monoisotopic (exact) mass is 449 g/mol. The number of amides is 1. The summed E-state index contributed by atoms with van der Waals surface area (Å²) in [5, 5.41) is 0.610. The summed E-state index contributed by atoms with van der Waals surface area (Å²) in [6.45, 7) is 3.14. The van der Waals surface area contributed by atoms with Gasteiger partial charge in [-0.3, -0.25) is 4.79 Å². The van der Waals surface area contributed by atoms with Crippen molar-refractivity contribution in [3.05, 3.63) is 100 Å². The van der Waals surface area contributed by atoms with E-state index in [-0.39, 0.29) is 5.91 Å². The van der Waals surface area contributed by atoms with Gasteiger partial charge in [0.15, 0.2) is 11.5 Å². The maximum absolute atomic E-state index is 13.3. The molecule has 0 aliphatic rings. The molecule has 0 spiro atoms. The maximum Gasteiger partial charge on any atom is 0.254 e. The Bertz CT molecular complexity index is 1060. The van der Waals surface area contributed by atoms with Gasteiger partial charge in [0.2, 0.25) is 0 Å². The number of methoxy groups -OCH3 is 2. The van der Waals surface area contributed by atoms with Crippen LogP contribution in [0.2, 0.25) is 5.02 Å². The summed E-state index contributed by atoms with van der Waals surface area (Å²) in [6.07, 6.45) is 2.80. The highest BCUT2D eigenvalue weighted by Crippen LogP contribution is 2.28. The van der Waals surface area contributed by atoms with Crippen LogP contribution in [-0.4, -0.2) is 38.1 Å². The van der Waals surface area contributed by atoms with Crippen molar-refractivity contribution in [3.8, 4) is 11.5 Å². The highest BCUT2D eigenvalue weighted by Gasteiger charge is 2.17. The Hall–Kier alpha value is -3.24. The zero-order valence-corrected chi connectivity index (χ0v) is 19.4. The molecule has 3 aromatic rings. The van der Waals surface area contributed by atoms with E-state index in [4.69, 9.17) is 21.1 Å². The summed E-state index contributed by atoms with van der Waals surface area (Å²) in [6, 6.07) is 23.0. The topological polar surface area (TPSA) is 38.8 Å². The zero-order chi connectivity index (χ0) is 22.9. The van der Waals surface area contributed by atoms with Crippen molar-refractivity contribution in [2.45, 2.75) is 13.3 Å². The fraction of sp³-hybridized carbons (Fsp3) is 0.222. The van der Waals surface area contributed by atoms with Crippen LogP contribution in [0.1, 0.15) is 28.4 Å². The molecule has 166 valence electrons. The Labute approximate surface area is 195 Å². The maximum atomic E-state index is 13.3. The molecule has 0 aliphatic carbocycles. The molecule has 0 unspecified atom stereocenters. The lowest BCUT2D eigenvalue weighted by atomic mass is 10.1. The van der Waals surface area contributed by atoms with Gasteiger partial charge < -0.3 is 14.4 Å². The van der Waals surface area contributed by atoms with Crippen LogP contribution < -0.4 is 9.47 Å². The predicted octanol–water partition coefficient (Wildman–Crippen LogP) is 6.15. The standard InChI is InChI=1S/C27H28ClNO3/c1-20(17-21-7-5-4-6-8-21)19-29(27(30)23-10-12-24(28)13-11-23)16-15-22-9-14-25(31-2)26(18-22)32-3/h4-14,17-18H,15-16,19H2,1-3H3. The third-order valence-electron chi connectivity index (χ3n) is 5.15. The van der Waals surface area contributed by atoms with Gasteiger partial charge in [-0.1, -0.05) is 59.6 Å².